The fourth-order valence-corrected chi connectivity index (χ4v) is 2.65. The lowest BCUT2D eigenvalue weighted by Crippen LogP contribution is -2.16. The van der Waals surface area contributed by atoms with Crippen molar-refractivity contribution in [1.82, 2.24) is 4.98 Å². The van der Waals surface area contributed by atoms with Crippen LogP contribution >= 0.6 is 15.9 Å². The van der Waals surface area contributed by atoms with Gasteiger partial charge in [0.2, 0.25) is 0 Å². The van der Waals surface area contributed by atoms with Crippen molar-refractivity contribution < 1.29 is 37.3 Å². The number of halogens is 4. The number of pyridine rings is 1. The zero-order chi connectivity index (χ0) is 20.9. The molecule has 6 nitrogen and oxygen atoms in total. The van der Waals surface area contributed by atoms with Crippen molar-refractivity contribution in [2.45, 2.75) is 26.1 Å². The molecule has 0 aliphatic carbocycles. The summed E-state index contributed by atoms with van der Waals surface area (Å²) in [5, 5.41) is 10.1. The van der Waals surface area contributed by atoms with Crippen LogP contribution < -0.4 is 4.74 Å². The van der Waals surface area contributed by atoms with Crippen LogP contribution in [0, 0.1) is 0 Å². The molecule has 10 heteroatoms. The van der Waals surface area contributed by atoms with Crippen molar-refractivity contribution >= 4 is 27.7 Å². The van der Waals surface area contributed by atoms with Gasteiger partial charge in [-0.3, -0.25) is 9.59 Å². The van der Waals surface area contributed by atoms with Gasteiger partial charge in [0, 0.05) is 12.0 Å². The first kappa shape index (κ1) is 21.7. The van der Waals surface area contributed by atoms with E-state index in [-0.39, 0.29) is 35.3 Å². The summed E-state index contributed by atoms with van der Waals surface area (Å²) in [4.78, 5) is 27.8. The van der Waals surface area contributed by atoms with Crippen molar-refractivity contribution in [3.05, 3.63) is 40.5 Å². The lowest BCUT2D eigenvalue weighted by atomic mass is 10.1. The molecule has 2 aromatic rings. The van der Waals surface area contributed by atoms with Crippen molar-refractivity contribution in [3.8, 4) is 22.8 Å². The van der Waals surface area contributed by atoms with E-state index < -0.39 is 29.6 Å². The standard InChI is InChI=1S/C18H15BrF3NO5/c1-2-27-15(25)8-7-14(24)16-17(26)12(19)9-13(23-16)10-3-5-11(6-4-10)28-18(20,21)22/h3-6,9,26H,2,7-8H2,1H3. The number of nitrogens with zero attached hydrogens (tertiary/aromatic N) is 1. The molecule has 0 spiro atoms. The summed E-state index contributed by atoms with van der Waals surface area (Å²) >= 11 is 3.11. The van der Waals surface area contributed by atoms with E-state index in [0.717, 1.165) is 12.1 Å². The van der Waals surface area contributed by atoms with E-state index in [9.17, 15) is 27.9 Å². The first-order chi connectivity index (χ1) is 13.1. The van der Waals surface area contributed by atoms with Gasteiger partial charge in [0.1, 0.15) is 11.4 Å². The summed E-state index contributed by atoms with van der Waals surface area (Å²) in [5.74, 6) is -1.93. The Hall–Kier alpha value is -2.62. The number of esters is 1. The number of Topliss-reactive ketones (excluding diaryl/α,β-unsaturated/α-hetero) is 1. The van der Waals surface area contributed by atoms with Crippen LogP contribution in [-0.2, 0) is 9.53 Å². The average Bonchev–Trinajstić information content (AvgIpc) is 2.61. The van der Waals surface area contributed by atoms with Crippen LogP contribution in [0.4, 0.5) is 13.2 Å². The number of ketones is 1. The summed E-state index contributed by atoms with van der Waals surface area (Å²) in [7, 11) is 0. The van der Waals surface area contributed by atoms with Crippen LogP contribution in [0.2, 0.25) is 0 Å². The van der Waals surface area contributed by atoms with Gasteiger partial charge in [-0.25, -0.2) is 4.98 Å². The van der Waals surface area contributed by atoms with Gasteiger partial charge < -0.3 is 14.6 Å². The highest BCUT2D eigenvalue weighted by atomic mass is 79.9. The lowest BCUT2D eigenvalue weighted by molar-refractivity contribution is -0.274. The number of benzene rings is 1. The molecule has 1 N–H and O–H groups in total. The smallest absolute Gasteiger partial charge is 0.504 e. The minimum atomic E-state index is -4.81. The van der Waals surface area contributed by atoms with Gasteiger partial charge in [-0.2, -0.15) is 0 Å². The van der Waals surface area contributed by atoms with Gasteiger partial charge >= 0.3 is 12.3 Å². The highest BCUT2D eigenvalue weighted by molar-refractivity contribution is 9.10. The number of aromatic nitrogens is 1. The van der Waals surface area contributed by atoms with Crippen LogP contribution in [-0.4, -0.2) is 34.8 Å². The van der Waals surface area contributed by atoms with Crippen LogP contribution in [0.5, 0.6) is 11.5 Å². The average molecular weight is 462 g/mol. The first-order valence-corrected chi connectivity index (χ1v) is 8.84. The van der Waals surface area contributed by atoms with E-state index in [2.05, 4.69) is 25.7 Å². The lowest BCUT2D eigenvalue weighted by Gasteiger charge is -2.11. The number of alkyl halides is 3. The fraction of sp³-hybridized carbons (Fsp3) is 0.278. The molecule has 0 bridgehead atoms. The molecular formula is C18H15BrF3NO5. The molecule has 1 heterocycles. The largest absolute Gasteiger partial charge is 0.573 e. The Kier molecular flexibility index (Phi) is 7.00. The van der Waals surface area contributed by atoms with E-state index in [1.54, 1.807) is 6.92 Å². The molecule has 150 valence electrons. The minimum absolute atomic E-state index is 0.168. The maximum atomic E-state index is 12.3. The molecule has 0 atom stereocenters. The Morgan fingerprint density at radius 2 is 1.82 bits per heavy atom. The van der Waals surface area contributed by atoms with E-state index >= 15 is 0 Å². The number of hydrogen-bond donors (Lipinski definition) is 1. The maximum absolute atomic E-state index is 12.3. The van der Waals surface area contributed by atoms with Crippen molar-refractivity contribution in [3.63, 3.8) is 0 Å². The Morgan fingerprint density at radius 1 is 1.18 bits per heavy atom. The topological polar surface area (TPSA) is 85.7 Å². The third kappa shape index (κ3) is 5.95. The Morgan fingerprint density at radius 3 is 2.39 bits per heavy atom. The molecule has 0 fully saturated rings. The number of carbonyl (C=O) groups is 2. The molecule has 0 amide bonds. The molecule has 0 unspecified atom stereocenters. The Labute approximate surface area is 166 Å². The fourth-order valence-electron chi connectivity index (χ4n) is 2.24. The van der Waals surface area contributed by atoms with Crippen LogP contribution in [0.15, 0.2) is 34.8 Å². The summed E-state index contributed by atoms with van der Waals surface area (Å²) in [5.41, 5.74) is 0.377. The molecule has 1 aromatic carbocycles. The molecular weight excluding hydrogens is 447 g/mol. The monoisotopic (exact) mass is 461 g/mol. The Balaban J connectivity index is 2.25. The molecule has 28 heavy (non-hydrogen) atoms. The van der Waals surface area contributed by atoms with Crippen molar-refractivity contribution in [1.29, 1.82) is 0 Å². The SMILES string of the molecule is CCOC(=O)CCC(=O)c1nc(-c2ccc(OC(F)(F)F)cc2)cc(Br)c1O. The second-order valence-corrected chi connectivity index (χ2v) is 6.34. The van der Waals surface area contributed by atoms with Gasteiger partial charge in [-0.05, 0) is 53.2 Å². The molecule has 0 saturated heterocycles. The quantitative estimate of drug-likeness (QED) is 0.477. The summed E-state index contributed by atoms with van der Waals surface area (Å²) in [6, 6.07) is 6.29. The number of hydrogen-bond acceptors (Lipinski definition) is 6. The highest BCUT2D eigenvalue weighted by Gasteiger charge is 2.31. The summed E-state index contributed by atoms with van der Waals surface area (Å²) in [6.45, 7) is 1.82. The second-order valence-electron chi connectivity index (χ2n) is 5.49. The van der Waals surface area contributed by atoms with E-state index in [1.165, 1.54) is 18.2 Å². The molecule has 0 radical (unpaired) electrons. The predicted octanol–water partition coefficient (Wildman–Crippen LogP) is 4.64. The maximum Gasteiger partial charge on any atom is 0.573 e. The van der Waals surface area contributed by atoms with Crippen molar-refractivity contribution in [2.75, 3.05) is 6.61 Å². The van der Waals surface area contributed by atoms with Crippen LogP contribution in [0.1, 0.15) is 30.3 Å². The van der Waals surface area contributed by atoms with Gasteiger partial charge in [-0.1, -0.05) is 0 Å². The van der Waals surface area contributed by atoms with E-state index in [1.807, 2.05) is 0 Å². The third-order valence-electron chi connectivity index (χ3n) is 3.46. The summed E-state index contributed by atoms with van der Waals surface area (Å²) < 4.78 is 45.5. The first-order valence-electron chi connectivity index (χ1n) is 8.05. The van der Waals surface area contributed by atoms with Gasteiger partial charge in [0.05, 0.1) is 23.2 Å². The zero-order valence-corrected chi connectivity index (χ0v) is 16.1. The van der Waals surface area contributed by atoms with Gasteiger partial charge in [0.25, 0.3) is 0 Å². The molecule has 2 rings (SSSR count). The normalized spacial score (nSPS) is 11.2. The van der Waals surface area contributed by atoms with Crippen LogP contribution in [0.25, 0.3) is 11.3 Å². The number of carbonyl (C=O) groups excluding carboxylic acids is 2. The van der Waals surface area contributed by atoms with Crippen molar-refractivity contribution in [2.24, 2.45) is 0 Å². The van der Waals surface area contributed by atoms with E-state index in [4.69, 9.17) is 4.74 Å². The third-order valence-corrected chi connectivity index (χ3v) is 4.06. The predicted molar refractivity (Wildman–Crippen MR) is 95.9 cm³/mol. The zero-order valence-electron chi connectivity index (χ0n) is 14.5. The minimum Gasteiger partial charge on any atom is -0.504 e. The van der Waals surface area contributed by atoms with Gasteiger partial charge in [-0.15, -0.1) is 13.2 Å². The number of ether oxygens (including phenoxy) is 2. The second kappa shape index (κ2) is 9.05. The molecule has 1 aromatic heterocycles. The number of rotatable bonds is 7. The van der Waals surface area contributed by atoms with Gasteiger partial charge in [0.15, 0.2) is 11.5 Å². The Bertz CT molecular complexity index is 869. The number of aromatic hydroxyl groups is 1. The highest BCUT2D eigenvalue weighted by Crippen LogP contribution is 2.33. The molecule has 0 saturated carbocycles. The van der Waals surface area contributed by atoms with E-state index in [0.29, 0.717) is 5.56 Å². The molecule has 0 aliphatic rings. The van der Waals surface area contributed by atoms with Crippen LogP contribution in [0.3, 0.4) is 0 Å². The summed E-state index contributed by atoms with van der Waals surface area (Å²) in [6.07, 6.45) is -5.19. The molecule has 0 aliphatic heterocycles.